The van der Waals surface area contributed by atoms with Crippen molar-refractivity contribution >= 4 is 21.6 Å². The van der Waals surface area contributed by atoms with E-state index in [-0.39, 0.29) is 12.4 Å². The van der Waals surface area contributed by atoms with Gasteiger partial charge in [-0.15, -0.1) is 0 Å². The van der Waals surface area contributed by atoms with Crippen LogP contribution in [0.5, 0.6) is 0 Å². The molecule has 0 fully saturated rings. The highest BCUT2D eigenvalue weighted by molar-refractivity contribution is 7.92. The molecule has 0 aromatic heterocycles. The molecule has 0 heterocycles. The molecule has 0 saturated carbocycles. The first-order chi connectivity index (χ1) is 8.67. The number of ether oxygens (including phenoxy) is 1. The van der Waals surface area contributed by atoms with Gasteiger partial charge >= 0.3 is 5.97 Å². The van der Waals surface area contributed by atoms with Gasteiger partial charge in [0.15, 0.2) is 15.6 Å². The number of carbonyl (C=O) groups excluding carboxylic acids is 2. The third-order valence-corrected chi connectivity index (χ3v) is 4.51. The standard InChI is InChI=1S/C13H24O5S/c1-5-7-8-9-19(16,17)10-11(14)13(3,4)12(15)18-6-2/h5-10H2,1-4H3. The SMILES string of the molecule is CCCCCS(=O)(=O)CC(=O)C(C)(C)C(=O)OCC. The summed E-state index contributed by atoms with van der Waals surface area (Å²) in [7, 11) is -3.44. The van der Waals surface area contributed by atoms with Crippen LogP contribution in [0.15, 0.2) is 0 Å². The number of sulfone groups is 1. The van der Waals surface area contributed by atoms with Crippen LogP contribution in [0.1, 0.15) is 47.0 Å². The van der Waals surface area contributed by atoms with E-state index in [1.807, 2.05) is 6.92 Å². The van der Waals surface area contributed by atoms with Crippen molar-refractivity contribution in [3.05, 3.63) is 0 Å². The largest absolute Gasteiger partial charge is 0.465 e. The van der Waals surface area contributed by atoms with Crippen molar-refractivity contribution in [3.63, 3.8) is 0 Å². The Kier molecular flexibility index (Phi) is 7.26. The van der Waals surface area contributed by atoms with Gasteiger partial charge in [-0.1, -0.05) is 19.8 Å². The summed E-state index contributed by atoms with van der Waals surface area (Å²) in [5.74, 6) is -1.89. The Labute approximate surface area is 115 Å². The molecule has 0 rings (SSSR count). The Balaban J connectivity index is 4.62. The van der Waals surface area contributed by atoms with Crippen LogP contribution in [0.4, 0.5) is 0 Å². The Morgan fingerprint density at radius 2 is 1.68 bits per heavy atom. The van der Waals surface area contributed by atoms with Crippen molar-refractivity contribution in [2.24, 2.45) is 5.41 Å². The topological polar surface area (TPSA) is 77.5 Å². The minimum Gasteiger partial charge on any atom is -0.465 e. The van der Waals surface area contributed by atoms with Gasteiger partial charge in [-0.05, 0) is 27.2 Å². The number of Topliss-reactive ketones (excluding diaryl/α,β-unsaturated/α-hetero) is 1. The predicted octanol–water partition coefficient (Wildman–Crippen LogP) is 1.75. The van der Waals surface area contributed by atoms with Crippen molar-refractivity contribution < 1.29 is 22.7 Å². The molecule has 19 heavy (non-hydrogen) atoms. The zero-order valence-corrected chi connectivity index (χ0v) is 13.0. The fraction of sp³-hybridized carbons (Fsp3) is 0.846. The van der Waals surface area contributed by atoms with Gasteiger partial charge in [0.1, 0.15) is 11.2 Å². The third-order valence-electron chi connectivity index (χ3n) is 2.89. The second-order valence-corrected chi connectivity index (χ2v) is 7.25. The summed E-state index contributed by atoms with van der Waals surface area (Å²) in [5, 5.41) is 0. The highest BCUT2D eigenvalue weighted by Gasteiger charge is 2.39. The van der Waals surface area contributed by atoms with Crippen LogP contribution in [0.3, 0.4) is 0 Å². The smallest absolute Gasteiger partial charge is 0.319 e. The van der Waals surface area contributed by atoms with Crippen LogP contribution in [0, 0.1) is 5.41 Å². The van der Waals surface area contributed by atoms with Crippen LogP contribution in [-0.4, -0.2) is 38.3 Å². The molecule has 0 aromatic rings. The molecule has 0 aromatic carbocycles. The second-order valence-electron chi connectivity index (χ2n) is 5.07. The van der Waals surface area contributed by atoms with E-state index in [2.05, 4.69) is 0 Å². The average Bonchev–Trinajstić information content (AvgIpc) is 2.28. The van der Waals surface area contributed by atoms with Crippen molar-refractivity contribution in [2.75, 3.05) is 18.1 Å². The number of unbranched alkanes of at least 4 members (excludes halogenated alkanes) is 2. The fourth-order valence-electron chi connectivity index (χ4n) is 1.45. The van der Waals surface area contributed by atoms with E-state index in [1.54, 1.807) is 6.92 Å². The fourth-order valence-corrected chi connectivity index (χ4v) is 3.00. The lowest BCUT2D eigenvalue weighted by Gasteiger charge is -2.20. The summed E-state index contributed by atoms with van der Waals surface area (Å²) >= 11 is 0. The molecule has 0 unspecified atom stereocenters. The second kappa shape index (κ2) is 7.62. The summed E-state index contributed by atoms with van der Waals surface area (Å²) < 4.78 is 28.3. The Bertz CT molecular complexity index is 409. The van der Waals surface area contributed by atoms with Gasteiger partial charge in [0.25, 0.3) is 0 Å². The molecular weight excluding hydrogens is 268 g/mol. The van der Waals surface area contributed by atoms with E-state index in [0.717, 1.165) is 12.8 Å². The first-order valence-electron chi connectivity index (χ1n) is 6.58. The maximum absolute atomic E-state index is 11.9. The van der Waals surface area contributed by atoms with Gasteiger partial charge < -0.3 is 4.74 Å². The van der Waals surface area contributed by atoms with Crippen molar-refractivity contribution in [1.29, 1.82) is 0 Å². The monoisotopic (exact) mass is 292 g/mol. The summed E-state index contributed by atoms with van der Waals surface area (Å²) in [5.41, 5.74) is -1.41. The van der Waals surface area contributed by atoms with Gasteiger partial charge in [-0.3, -0.25) is 9.59 Å². The molecule has 6 heteroatoms. The lowest BCUT2D eigenvalue weighted by atomic mass is 9.89. The average molecular weight is 292 g/mol. The summed E-state index contributed by atoms with van der Waals surface area (Å²) in [6.45, 7) is 6.57. The van der Waals surface area contributed by atoms with Gasteiger partial charge in [0, 0.05) is 0 Å². The van der Waals surface area contributed by atoms with Gasteiger partial charge in [0.2, 0.25) is 0 Å². The number of rotatable bonds is 9. The summed E-state index contributed by atoms with van der Waals surface area (Å²) in [6, 6.07) is 0. The van der Waals surface area contributed by atoms with E-state index in [0.29, 0.717) is 6.42 Å². The summed E-state index contributed by atoms with van der Waals surface area (Å²) in [4.78, 5) is 23.6. The molecule has 0 aliphatic heterocycles. The molecule has 5 nitrogen and oxygen atoms in total. The first-order valence-corrected chi connectivity index (χ1v) is 8.40. The van der Waals surface area contributed by atoms with Crippen LogP contribution in [-0.2, 0) is 24.2 Å². The highest BCUT2D eigenvalue weighted by atomic mass is 32.2. The van der Waals surface area contributed by atoms with E-state index in [1.165, 1.54) is 13.8 Å². The molecule has 0 radical (unpaired) electrons. The molecular formula is C13H24O5S. The van der Waals surface area contributed by atoms with Crippen molar-refractivity contribution in [1.82, 2.24) is 0 Å². The van der Waals surface area contributed by atoms with Gasteiger partial charge in [-0.25, -0.2) is 8.42 Å². The van der Waals surface area contributed by atoms with E-state index >= 15 is 0 Å². The van der Waals surface area contributed by atoms with Gasteiger partial charge in [0.05, 0.1) is 12.4 Å². The zero-order chi connectivity index (χ0) is 15.1. The van der Waals surface area contributed by atoms with Crippen molar-refractivity contribution in [3.8, 4) is 0 Å². The molecule has 0 atom stereocenters. The predicted molar refractivity (Wildman–Crippen MR) is 73.6 cm³/mol. The van der Waals surface area contributed by atoms with Gasteiger partial charge in [-0.2, -0.15) is 0 Å². The molecule has 0 bridgehead atoms. The van der Waals surface area contributed by atoms with E-state index < -0.39 is 32.8 Å². The molecule has 0 amide bonds. The maximum Gasteiger partial charge on any atom is 0.319 e. The van der Waals surface area contributed by atoms with Crippen LogP contribution in [0.25, 0.3) is 0 Å². The zero-order valence-electron chi connectivity index (χ0n) is 12.2. The molecule has 0 N–H and O–H groups in total. The summed E-state index contributed by atoms with van der Waals surface area (Å²) in [6.07, 6.45) is 2.28. The molecule has 0 spiro atoms. The molecule has 0 aliphatic carbocycles. The Morgan fingerprint density at radius 1 is 1.11 bits per heavy atom. The Morgan fingerprint density at radius 3 is 2.16 bits per heavy atom. The van der Waals surface area contributed by atoms with E-state index in [9.17, 15) is 18.0 Å². The molecule has 0 saturated heterocycles. The highest BCUT2D eigenvalue weighted by Crippen LogP contribution is 2.20. The Hall–Kier alpha value is -0.910. The normalized spacial score (nSPS) is 12.2. The minimum absolute atomic E-state index is 0.00845. The minimum atomic E-state index is -3.44. The quantitative estimate of drug-likeness (QED) is 0.367. The number of ketones is 1. The number of hydrogen-bond acceptors (Lipinski definition) is 5. The van der Waals surface area contributed by atoms with Crippen LogP contribution < -0.4 is 0 Å². The van der Waals surface area contributed by atoms with Crippen molar-refractivity contribution in [2.45, 2.75) is 47.0 Å². The van der Waals surface area contributed by atoms with Crippen LogP contribution >= 0.6 is 0 Å². The van der Waals surface area contributed by atoms with Crippen LogP contribution in [0.2, 0.25) is 0 Å². The van der Waals surface area contributed by atoms with E-state index in [4.69, 9.17) is 4.74 Å². The number of hydrogen-bond donors (Lipinski definition) is 0. The first kappa shape index (κ1) is 18.1. The molecule has 112 valence electrons. The number of esters is 1. The lowest BCUT2D eigenvalue weighted by molar-refractivity contribution is -0.157. The lowest BCUT2D eigenvalue weighted by Crippen LogP contribution is -2.39. The number of carbonyl (C=O) groups is 2. The molecule has 0 aliphatic rings. The maximum atomic E-state index is 11.9. The third kappa shape index (κ3) is 6.18.